The third kappa shape index (κ3) is 4.97. The maximum Gasteiger partial charge on any atom is 0.191 e. The first-order chi connectivity index (χ1) is 12.1. The first kappa shape index (κ1) is 17.8. The van der Waals surface area contributed by atoms with E-state index in [2.05, 4.69) is 25.2 Å². The zero-order chi connectivity index (χ0) is 17.6. The van der Waals surface area contributed by atoms with Gasteiger partial charge in [0.25, 0.3) is 0 Å². The van der Waals surface area contributed by atoms with Crippen LogP contribution >= 0.6 is 0 Å². The van der Waals surface area contributed by atoms with Crippen molar-refractivity contribution in [1.29, 1.82) is 0 Å². The van der Waals surface area contributed by atoms with Gasteiger partial charge in [-0.1, -0.05) is 0 Å². The van der Waals surface area contributed by atoms with Gasteiger partial charge in [0.1, 0.15) is 24.0 Å². The minimum atomic E-state index is -0.0774. The second-order valence-electron chi connectivity index (χ2n) is 6.10. The van der Waals surface area contributed by atoms with Crippen LogP contribution in [0.2, 0.25) is 0 Å². The highest BCUT2D eigenvalue weighted by molar-refractivity contribution is 5.36. The number of methoxy groups -OCH3 is 1. The summed E-state index contributed by atoms with van der Waals surface area (Å²) in [6.07, 6.45) is 1.64. The van der Waals surface area contributed by atoms with Gasteiger partial charge >= 0.3 is 0 Å². The van der Waals surface area contributed by atoms with Crippen molar-refractivity contribution in [3.63, 3.8) is 0 Å². The zero-order valence-electron chi connectivity index (χ0n) is 15.0. The molecular formula is C17H25N5O3. The predicted octanol–water partition coefficient (Wildman–Crippen LogP) is 1.71. The second-order valence-corrected chi connectivity index (χ2v) is 6.10. The van der Waals surface area contributed by atoms with Gasteiger partial charge in [-0.05, 0) is 6.92 Å². The number of rotatable bonds is 7. The minimum Gasteiger partial charge on any atom is -0.449 e. The maximum absolute atomic E-state index is 5.94. The topological polar surface area (TPSA) is 85.5 Å². The highest BCUT2D eigenvalue weighted by atomic mass is 16.5. The molecule has 2 aromatic rings. The van der Waals surface area contributed by atoms with Crippen LogP contribution in [0.15, 0.2) is 16.7 Å². The smallest absolute Gasteiger partial charge is 0.191 e. The van der Waals surface area contributed by atoms with Crippen molar-refractivity contribution in [3.05, 3.63) is 35.4 Å². The molecule has 1 aliphatic heterocycles. The largest absolute Gasteiger partial charge is 0.449 e. The third-order valence-corrected chi connectivity index (χ3v) is 4.00. The van der Waals surface area contributed by atoms with Crippen LogP contribution < -0.4 is 5.32 Å². The van der Waals surface area contributed by atoms with Gasteiger partial charge in [0.2, 0.25) is 0 Å². The molecule has 0 radical (unpaired) electrons. The van der Waals surface area contributed by atoms with Crippen molar-refractivity contribution in [1.82, 2.24) is 19.9 Å². The first-order valence-electron chi connectivity index (χ1n) is 8.47. The molecule has 1 atom stereocenters. The van der Waals surface area contributed by atoms with E-state index in [-0.39, 0.29) is 6.10 Å². The number of hydrogen-bond donors (Lipinski definition) is 1. The van der Waals surface area contributed by atoms with Gasteiger partial charge in [-0.15, -0.1) is 0 Å². The van der Waals surface area contributed by atoms with E-state index in [1.807, 2.05) is 19.9 Å². The summed E-state index contributed by atoms with van der Waals surface area (Å²) in [4.78, 5) is 15.7. The van der Waals surface area contributed by atoms with E-state index in [4.69, 9.17) is 13.9 Å². The van der Waals surface area contributed by atoms with E-state index >= 15 is 0 Å². The number of ether oxygens (including phenoxy) is 2. The van der Waals surface area contributed by atoms with Gasteiger partial charge in [-0.3, -0.25) is 4.90 Å². The molecular weight excluding hydrogens is 322 g/mol. The Kier molecular flexibility index (Phi) is 5.95. The predicted molar refractivity (Wildman–Crippen MR) is 92.3 cm³/mol. The zero-order valence-corrected chi connectivity index (χ0v) is 15.0. The maximum atomic E-state index is 5.94. The molecule has 0 unspecified atom stereocenters. The summed E-state index contributed by atoms with van der Waals surface area (Å²) in [5, 5.41) is 3.25. The highest BCUT2D eigenvalue weighted by Crippen LogP contribution is 2.23. The number of morpholine rings is 1. The SMILES string of the molecule is COCCNc1cc([C@@H]2CN(Cc3coc(C)n3)CCO2)nc(C)n1. The number of nitrogens with zero attached hydrogens (tertiary/aromatic N) is 4. The van der Waals surface area contributed by atoms with E-state index in [0.717, 1.165) is 42.7 Å². The summed E-state index contributed by atoms with van der Waals surface area (Å²) in [5.74, 6) is 2.22. The molecule has 0 bridgehead atoms. The summed E-state index contributed by atoms with van der Waals surface area (Å²) in [7, 11) is 1.68. The van der Waals surface area contributed by atoms with Crippen LogP contribution in [0.5, 0.6) is 0 Å². The lowest BCUT2D eigenvalue weighted by Crippen LogP contribution is -2.38. The molecule has 3 heterocycles. The molecule has 8 nitrogen and oxygen atoms in total. The Morgan fingerprint density at radius 2 is 2.20 bits per heavy atom. The van der Waals surface area contributed by atoms with E-state index in [1.165, 1.54) is 0 Å². The molecule has 0 aliphatic carbocycles. The number of hydrogen-bond acceptors (Lipinski definition) is 8. The molecule has 1 N–H and O–H groups in total. The number of aryl methyl sites for hydroxylation is 2. The third-order valence-electron chi connectivity index (χ3n) is 4.00. The van der Waals surface area contributed by atoms with Crippen molar-refractivity contribution < 1.29 is 13.9 Å². The normalized spacial score (nSPS) is 18.4. The molecule has 25 heavy (non-hydrogen) atoms. The Morgan fingerprint density at radius 3 is 2.96 bits per heavy atom. The fourth-order valence-corrected chi connectivity index (χ4v) is 2.86. The first-order valence-corrected chi connectivity index (χ1v) is 8.47. The fourth-order valence-electron chi connectivity index (χ4n) is 2.86. The number of nitrogens with one attached hydrogen (secondary N) is 1. The standard InChI is InChI=1S/C17H25N5O3/c1-12-19-15(8-17(20-12)18-4-6-23-3)16-10-22(5-7-24-16)9-14-11-25-13(2)21-14/h8,11,16H,4-7,9-10H2,1-3H3,(H,18,19,20)/t16-/m0/s1. The van der Waals surface area contributed by atoms with Crippen molar-refractivity contribution in [2.75, 3.05) is 45.3 Å². The summed E-state index contributed by atoms with van der Waals surface area (Å²) in [5.41, 5.74) is 1.84. The summed E-state index contributed by atoms with van der Waals surface area (Å²) >= 11 is 0. The monoisotopic (exact) mass is 347 g/mol. The molecule has 2 aromatic heterocycles. The Bertz CT molecular complexity index is 691. The Hall–Kier alpha value is -2.03. The Labute approximate surface area is 147 Å². The van der Waals surface area contributed by atoms with E-state index < -0.39 is 0 Å². The molecule has 0 spiro atoms. The van der Waals surface area contributed by atoms with Gasteiger partial charge < -0.3 is 19.2 Å². The van der Waals surface area contributed by atoms with Crippen molar-refractivity contribution >= 4 is 5.82 Å². The van der Waals surface area contributed by atoms with Crippen LogP contribution in [-0.4, -0.2) is 59.8 Å². The van der Waals surface area contributed by atoms with Gasteiger partial charge in [0, 0.05) is 46.3 Å². The van der Waals surface area contributed by atoms with E-state index in [9.17, 15) is 0 Å². The average Bonchev–Trinajstić information content (AvgIpc) is 3.00. The van der Waals surface area contributed by atoms with E-state index in [0.29, 0.717) is 25.6 Å². The quantitative estimate of drug-likeness (QED) is 0.758. The fraction of sp³-hybridized carbons (Fsp3) is 0.588. The van der Waals surface area contributed by atoms with Gasteiger partial charge in [0.05, 0.1) is 24.6 Å². The molecule has 1 saturated heterocycles. The minimum absolute atomic E-state index is 0.0774. The molecule has 136 valence electrons. The molecule has 1 fully saturated rings. The summed E-state index contributed by atoms with van der Waals surface area (Å²) < 4.78 is 16.3. The molecule has 1 aliphatic rings. The Balaban J connectivity index is 1.65. The van der Waals surface area contributed by atoms with Crippen LogP contribution in [0.4, 0.5) is 5.82 Å². The second kappa shape index (κ2) is 8.37. The van der Waals surface area contributed by atoms with E-state index in [1.54, 1.807) is 13.4 Å². The lowest BCUT2D eigenvalue weighted by atomic mass is 10.2. The molecule has 8 heteroatoms. The van der Waals surface area contributed by atoms with Gasteiger partial charge in [-0.25, -0.2) is 15.0 Å². The lowest BCUT2D eigenvalue weighted by Gasteiger charge is -2.32. The van der Waals surface area contributed by atoms with Crippen molar-refractivity contribution in [2.45, 2.75) is 26.5 Å². The van der Waals surface area contributed by atoms with Crippen LogP contribution in [0.25, 0.3) is 0 Å². The molecule has 0 amide bonds. The number of anilines is 1. The van der Waals surface area contributed by atoms with Crippen molar-refractivity contribution in [2.24, 2.45) is 0 Å². The highest BCUT2D eigenvalue weighted by Gasteiger charge is 2.24. The molecule has 0 aromatic carbocycles. The van der Waals surface area contributed by atoms with Gasteiger partial charge in [0.15, 0.2) is 5.89 Å². The van der Waals surface area contributed by atoms with Crippen LogP contribution in [0.3, 0.4) is 0 Å². The van der Waals surface area contributed by atoms with Gasteiger partial charge in [-0.2, -0.15) is 0 Å². The summed E-state index contributed by atoms with van der Waals surface area (Å²) in [6, 6.07) is 1.96. The summed E-state index contributed by atoms with van der Waals surface area (Å²) in [6.45, 7) is 8.12. The van der Waals surface area contributed by atoms with Crippen LogP contribution in [0, 0.1) is 13.8 Å². The van der Waals surface area contributed by atoms with Crippen LogP contribution in [0.1, 0.15) is 29.2 Å². The molecule has 3 rings (SSSR count). The number of oxazole rings is 1. The van der Waals surface area contributed by atoms with Crippen molar-refractivity contribution in [3.8, 4) is 0 Å². The number of aromatic nitrogens is 3. The Morgan fingerprint density at radius 1 is 1.32 bits per heavy atom. The molecule has 0 saturated carbocycles. The average molecular weight is 347 g/mol. The lowest BCUT2D eigenvalue weighted by molar-refractivity contribution is -0.0354. The van der Waals surface area contributed by atoms with Crippen LogP contribution in [-0.2, 0) is 16.0 Å².